The molecular formula is C14H18N2O3S. The Morgan fingerprint density at radius 1 is 1.45 bits per heavy atom. The molecule has 0 radical (unpaired) electrons. The van der Waals surface area contributed by atoms with Gasteiger partial charge in [-0.2, -0.15) is 17.9 Å². The summed E-state index contributed by atoms with van der Waals surface area (Å²) in [6, 6.07) is 7.02. The molecule has 1 unspecified atom stereocenters. The van der Waals surface area contributed by atoms with Gasteiger partial charge >= 0.3 is 0 Å². The number of hydrogen-bond acceptors (Lipinski definition) is 3. The van der Waals surface area contributed by atoms with E-state index in [1.165, 1.54) is 0 Å². The van der Waals surface area contributed by atoms with Crippen LogP contribution in [0, 0.1) is 11.8 Å². The maximum Gasteiger partial charge on any atom is 0.277 e. The molecule has 6 heteroatoms. The van der Waals surface area contributed by atoms with E-state index in [1.54, 1.807) is 6.92 Å². The van der Waals surface area contributed by atoms with E-state index < -0.39 is 10.2 Å². The van der Waals surface area contributed by atoms with Crippen LogP contribution in [0.15, 0.2) is 24.3 Å². The van der Waals surface area contributed by atoms with Gasteiger partial charge in [-0.3, -0.25) is 0 Å². The molecule has 108 valence electrons. The van der Waals surface area contributed by atoms with Crippen LogP contribution in [0.3, 0.4) is 0 Å². The van der Waals surface area contributed by atoms with Crippen LogP contribution in [0.1, 0.15) is 36.9 Å². The zero-order valence-electron chi connectivity index (χ0n) is 11.3. The summed E-state index contributed by atoms with van der Waals surface area (Å²) in [4.78, 5) is 0. The van der Waals surface area contributed by atoms with E-state index in [0.717, 1.165) is 24.0 Å². The summed E-state index contributed by atoms with van der Waals surface area (Å²) in [6.07, 6.45) is 1.81. The smallest absolute Gasteiger partial charge is 0.277 e. The lowest BCUT2D eigenvalue weighted by molar-refractivity contribution is 0.350. The molecule has 5 nitrogen and oxygen atoms in total. The van der Waals surface area contributed by atoms with E-state index in [4.69, 9.17) is 5.11 Å². The molecule has 1 fully saturated rings. The molecule has 0 spiro atoms. The number of aliphatic hydroxyl groups excluding tert-OH is 1. The molecule has 0 aliphatic heterocycles. The van der Waals surface area contributed by atoms with Crippen molar-refractivity contribution in [2.75, 3.05) is 6.61 Å². The van der Waals surface area contributed by atoms with Crippen molar-refractivity contribution in [3.63, 3.8) is 0 Å². The van der Waals surface area contributed by atoms with Crippen LogP contribution in [0.25, 0.3) is 0 Å². The van der Waals surface area contributed by atoms with E-state index in [9.17, 15) is 8.42 Å². The average Bonchev–Trinajstić information content (AvgIpc) is 3.19. The van der Waals surface area contributed by atoms with Gasteiger partial charge in [0.2, 0.25) is 0 Å². The third-order valence-corrected chi connectivity index (χ3v) is 4.24. The highest BCUT2D eigenvalue weighted by Crippen LogP contribution is 2.20. The summed E-state index contributed by atoms with van der Waals surface area (Å²) < 4.78 is 28.8. The number of rotatable bonds is 5. The van der Waals surface area contributed by atoms with Crippen molar-refractivity contribution in [1.82, 2.24) is 9.44 Å². The van der Waals surface area contributed by atoms with Crippen LogP contribution in [0.5, 0.6) is 0 Å². The second-order valence-corrected chi connectivity index (χ2v) is 6.30. The molecule has 0 bridgehead atoms. The molecule has 1 aliphatic carbocycles. The maximum absolute atomic E-state index is 11.8. The molecule has 1 aromatic carbocycles. The Morgan fingerprint density at radius 3 is 2.85 bits per heavy atom. The first-order valence-corrected chi connectivity index (χ1v) is 7.98. The van der Waals surface area contributed by atoms with Crippen molar-refractivity contribution < 1.29 is 13.5 Å². The molecule has 1 aromatic rings. The molecule has 3 N–H and O–H groups in total. The SMILES string of the molecule is CC(NS(=O)(=O)NC1CC1)c1cccc(C#CCO)c1. The van der Waals surface area contributed by atoms with Gasteiger partial charge < -0.3 is 5.11 Å². The van der Waals surface area contributed by atoms with Crippen LogP contribution in [0.4, 0.5) is 0 Å². The van der Waals surface area contributed by atoms with Crippen molar-refractivity contribution in [2.24, 2.45) is 0 Å². The predicted molar refractivity (Wildman–Crippen MR) is 77.0 cm³/mol. The predicted octanol–water partition coefficient (Wildman–Crippen LogP) is 0.678. The van der Waals surface area contributed by atoms with Crippen LogP contribution < -0.4 is 9.44 Å². The van der Waals surface area contributed by atoms with Crippen LogP contribution in [0.2, 0.25) is 0 Å². The molecule has 0 saturated heterocycles. The normalized spacial score (nSPS) is 16.3. The second kappa shape index (κ2) is 6.37. The average molecular weight is 294 g/mol. The fraction of sp³-hybridized carbons (Fsp3) is 0.429. The minimum Gasteiger partial charge on any atom is -0.384 e. The molecular weight excluding hydrogens is 276 g/mol. The van der Waals surface area contributed by atoms with Gasteiger partial charge in [-0.05, 0) is 37.5 Å². The molecule has 0 aromatic heterocycles. The molecule has 1 saturated carbocycles. The lowest BCUT2D eigenvalue weighted by atomic mass is 10.1. The first kappa shape index (κ1) is 15.0. The van der Waals surface area contributed by atoms with E-state index in [1.807, 2.05) is 24.3 Å². The Labute approximate surface area is 119 Å². The van der Waals surface area contributed by atoms with Gasteiger partial charge in [0.1, 0.15) is 6.61 Å². The highest BCUT2D eigenvalue weighted by molar-refractivity contribution is 7.87. The second-order valence-electron chi connectivity index (χ2n) is 4.82. The van der Waals surface area contributed by atoms with Crippen LogP contribution in [-0.4, -0.2) is 26.2 Å². The molecule has 2 rings (SSSR count). The lowest BCUT2D eigenvalue weighted by Crippen LogP contribution is -2.39. The van der Waals surface area contributed by atoms with Crippen molar-refractivity contribution in [2.45, 2.75) is 31.8 Å². The largest absolute Gasteiger partial charge is 0.384 e. The van der Waals surface area contributed by atoms with Crippen molar-refractivity contribution in [3.8, 4) is 11.8 Å². The Balaban J connectivity index is 2.06. The van der Waals surface area contributed by atoms with Gasteiger partial charge in [-0.1, -0.05) is 24.0 Å². The van der Waals surface area contributed by atoms with Gasteiger partial charge in [0, 0.05) is 17.6 Å². The Morgan fingerprint density at radius 2 is 2.20 bits per heavy atom. The first-order valence-electron chi connectivity index (χ1n) is 6.49. The molecule has 20 heavy (non-hydrogen) atoms. The van der Waals surface area contributed by atoms with Gasteiger partial charge in [0.25, 0.3) is 10.2 Å². The molecule has 1 atom stereocenters. The summed E-state index contributed by atoms with van der Waals surface area (Å²) in [5.74, 6) is 5.37. The summed E-state index contributed by atoms with van der Waals surface area (Å²) in [5.41, 5.74) is 1.58. The number of nitrogens with one attached hydrogen (secondary N) is 2. The van der Waals surface area contributed by atoms with Crippen molar-refractivity contribution >= 4 is 10.2 Å². The fourth-order valence-corrected chi connectivity index (χ4v) is 3.13. The molecule has 0 heterocycles. The topological polar surface area (TPSA) is 78.4 Å². The lowest BCUT2D eigenvalue weighted by Gasteiger charge is -2.15. The number of hydrogen-bond donors (Lipinski definition) is 3. The van der Waals surface area contributed by atoms with Crippen LogP contribution in [-0.2, 0) is 10.2 Å². The summed E-state index contributed by atoms with van der Waals surface area (Å²) >= 11 is 0. The highest BCUT2D eigenvalue weighted by Gasteiger charge is 2.27. The van der Waals surface area contributed by atoms with Crippen molar-refractivity contribution in [3.05, 3.63) is 35.4 Å². The first-order chi connectivity index (χ1) is 9.50. The fourth-order valence-electron chi connectivity index (χ4n) is 1.78. The monoisotopic (exact) mass is 294 g/mol. The number of aliphatic hydroxyl groups is 1. The Kier molecular flexibility index (Phi) is 4.78. The quantitative estimate of drug-likeness (QED) is 0.699. The zero-order chi connectivity index (χ0) is 14.6. The van der Waals surface area contributed by atoms with Gasteiger partial charge in [0.05, 0.1) is 0 Å². The maximum atomic E-state index is 11.8. The zero-order valence-corrected chi connectivity index (χ0v) is 12.1. The molecule has 1 aliphatic rings. The van der Waals surface area contributed by atoms with E-state index in [-0.39, 0.29) is 18.7 Å². The molecule has 0 amide bonds. The summed E-state index contributed by atoms with van der Waals surface area (Å²) in [6.45, 7) is 1.59. The van der Waals surface area contributed by atoms with E-state index in [0.29, 0.717) is 0 Å². The number of benzene rings is 1. The highest BCUT2D eigenvalue weighted by atomic mass is 32.2. The minimum absolute atomic E-state index is 0.0847. The summed E-state index contributed by atoms with van der Waals surface area (Å²) in [7, 11) is -3.47. The van der Waals surface area contributed by atoms with Gasteiger partial charge in [0.15, 0.2) is 0 Å². The van der Waals surface area contributed by atoms with Crippen molar-refractivity contribution in [1.29, 1.82) is 0 Å². The van der Waals surface area contributed by atoms with Gasteiger partial charge in [-0.15, -0.1) is 0 Å². The standard InChI is InChI=1S/C14H18N2O3S/c1-11(15-20(18,19)16-14-7-8-14)13-6-2-4-12(10-13)5-3-9-17/h2,4,6,10-11,14-17H,7-9H2,1H3. The Bertz CT molecular complexity index is 627. The van der Waals surface area contributed by atoms with E-state index in [2.05, 4.69) is 21.3 Å². The van der Waals surface area contributed by atoms with E-state index >= 15 is 0 Å². The summed E-state index contributed by atoms with van der Waals surface area (Å²) in [5, 5.41) is 8.68. The minimum atomic E-state index is -3.47. The Hall–Kier alpha value is -1.39. The van der Waals surface area contributed by atoms with Crippen LogP contribution >= 0.6 is 0 Å². The third-order valence-electron chi connectivity index (χ3n) is 2.93. The third kappa shape index (κ3) is 4.62. The van der Waals surface area contributed by atoms with Gasteiger partial charge in [-0.25, -0.2) is 0 Å².